The van der Waals surface area contributed by atoms with Crippen LogP contribution < -0.4 is 0 Å². The molecular formula is C26H26Cl3NO2. The SMILES string of the molecule is C/C(CC1CC1c1ccc(Cl)cc1)=N\O.Clc1ccccc1COCc1ccccc1Cl. The Kier molecular flexibility index (Phi) is 9.43. The Morgan fingerprint density at radius 1 is 0.875 bits per heavy atom. The molecule has 0 amide bonds. The van der Waals surface area contributed by atoms with Crippen LogP contribution in [0.5, 0.6) is 0 Å². The second kappa shape index (κ2) is 12.3. The van der Waals surface area contributed by atoms with Gasteiger partial charge in [-0.1, -0.05) is 88.5 Å². The van der Waals surface area contributed by atoms with Crippen molar-refractivity contribution in [3.8, 4) is 0 Å². The van der Waals surface area contributed by atoms with Gasteiger partial charge in [-0.05, 0) is 72.6 Å². The predicted molar refractivity (Wildman–Crippen MR) is 133 cm³/mol. The lowest BCUT2D eigenvalue weighted by Crippen LogP contribution is -1.95. The van der Waals surface area contributed by atoms with E-state index in [-0.39, 0.29) is 0 Å². The zero-order chi connectivity index (χ0) is 22.9. The molecular weight excluding hydrogens is 465 g/mol. The normalized spacial score (nSPS) is 17.4. The van der Waals surface area contributed by atoms with Gasteiger partial charge in [-0.25, -0.2) is 0 Å². The van der Waals surface area contributed by atoms with Gasteiger partial charge >= 0.3 is 0 Å². The van der Waals surface area contributed by atoms with Gasteiger partial charge in [-0.2, -0.15) is 0 Å². The van der Waals surface area contributed by atoms with Crippen molar-refractivity contribution in [2.24, 2.45) is 11.1 Å². The maximum Gasteiger partial charge on any atom is 0.0735 e. The van der Waals surface area contributed by atoms with Crippen molar-refractivity contribution in [3.63, 3.8) is 0 Å². The highest BCUT2D eigenvalue weighted by molar-refractivity contribution is 6.31. The number of rotatable bonds is 7. The van der Waals surface area contributed by atoms with Gasteiger partial charge in [0.1, 0.15) is 0 Å². The summed E-state index contributed by atoms with van der Waals surface area (Å²) in [4.78, 5) is 0. The van der Waals surface area contributed by atoms with Crippen LogP contribution in [0.25, 0.3) is 0 Å². The molecule has 3 aromatic carbocycles. The number of halogens is 3. The van der Waals surface area contributed by atoms with E-state index in [0.29, 0.717) is 25.0 Å². The third-order valence-corrected chi connectivity index (χ3v) is 6.37. The summed E-state index contributed by atoms with van der Waals surface area (Å²) in [6.07, 6.45) is 2.08. The molecule has 1 aliphatic carbocycles. The first-order valence-corrected chi connectivity index (χ1v) is 11.6. The van der Waals surface area contributed by atoms with Crippen LogP contribution in [0.2, 0.25) is 15.1 Å². The highest BCUT2D eigenvalue weighted by atomic mass is 35.5. The molecule has 1 aliphatic rings. The van der Waals surface area contributed by atoms with Crippen LogP contribution in [0.3, 0.4) is 0 Å². The van der Waals surface area contributed by atoms with Gasteiger partial charge < -0.3 is 9.94 Å². The van der Waals surface area contributed by atoms with Gasteiger partial charge in [0.25, 0.3) is 0 Å². The largest absolute Gasteiger partial charge is 0.411 e. The van der Waals surface area contributed by atoms with E-state index in [9.17, 15) is 0 Å². The second-order valence-electron chi connectivity index (χ2n) is 7.87. The number of benzene rings is 3. The Balaban J connectivity index is 0.000000182. The van der Waals surface area contributed by atoms with Crippen LogP contribution in [-0.2, 0) is 18.0 Å². The van der Waals surface area contributed by atoms with E-state index in [0.717, 1.165) is 38.3 Å². The smallest absolute Gasteiger partial charge is 0.0735 e. The number of hydrogen-bond donors (Lipinski definition) is 1. The molecule has 3 aromatic rings. The summed E-state index contributed by atoms with van der Waals surface area (Å²) in [6.45, 7) is 2.84. The van der Waals surface area contributed by atoms with Gasteiger partial charge in [0.15, 0.2) is 0 Å². The van der Waals surface area contributed by atoms with Gasteiger partial charge in [-0.15, -0.1) is 0 Å². The summed E-state index contributed by atoms with van der Waals surface area (Å²) in [6, 6.07) is 23.3. The van der Waals surface area contributed by atoms with Crippen molar-refractivity contribution in [1.82, 2.24) is 0 Å². The Morgan fingerprint density at radius 3 is 1.91 bits per heavy atom. The average Bonchev–Trinajstić information content (AvgIpc) is 3.56. The molecule has 6 heteroatoms. The zero-order valence-electron chi connectivity index (χ0n) is 17.8. The minimum absolute atomic E-state index is 0.491. The van der Waals surface area contributed by atoms with Crippen LogP contribution in [0.1, 0.15) is 42.4 Å². The number of oxime groups is 1. The maximum absolute atomic E-state index is 8.58. The molecule has 0 bridgehead atoms. The molecule has 168 valence electrons. The molecule has 0 spiro atoms. The summed E-state index contributed by atoms with van der Waals surface area (Å²) in [7, 11) is 0. The summed E-state index contributed by atoms with van der Waals surface area (Å²) in [5.41, 5.74) is 4.13. The summed E-state index contributed by atoms with van der Waals surface area (Å²) < 4.78 is 5.60. The van der Waals surface area contributed by atoms with E-state index >= 15 is 0 Å². The molecule has 0 radical (unpaired) electrons. The van der Waals surface area contributed by atoms with Crippen LogP contribution in [0.4, 0.5) is 0 Å². The first kappa shape index (κ1) is 24.6. The van der Waals surface area contributed by atoms with E-state index in [1.54, 1.807) is 0 Å². The van der Waals surface area contributed by atoms with Crippen molar-refractivity contribution in [1.29, 1.82) is 0 Å². The fourth-order valence-electron chi connectivity index (χ4n) is 3.51. The number of hydrogen-bond acceptors (Lipinski definition) is 3. The fraction of sp³-hybridized carbons (Fsp3) is 0.269. The molecule has 2 atom stereocenters. The summed E-state index contributed by atoms with van der Waals surface area (Å²) >= 11 is 17.9. The summed E-state index contributed by atoms with van der Waals surface area (Å²) in [5.74, 6) is 1.26. The van der Waals surface area contributed by atoms with Crippen LogP contribution in [-0.4, -0.2) is 10.9 Å². The molecule has 0 aromatic heterocycles. The van der Waals surface area contributed by atoms with E-state index in [4.69, 9.17) is 44.7 Å². The molecule has 32 heavy (non-hydrogen) atoms. The highest BCUT2D eigenvalue weighted by Crippen LogP contribution is 2.49. The van der Waals surface area contributed by atoms with Gasteiger partial charge in [-0.3, -0.25) is 0 Å². The minimum Gasteiger partial charge on any atom is -0.411 e. The first-order valence-electron chi connectivity index (χ1n) is 10.5. The molecule has 1 fully saturated rings. The minimum atomic E-state index is 0.491. The lowest BCUT2D eigenvalue weighted by Gasteiger charge is -2.07. The van der Waals surface area contributed by atoms with Crippen molar-refractivity contribution in [3.05, 3.63) is 105 Å². The molecule has 4 rings (SSSR count). The molecule has 1 N–H and O–H groups in total. The lowest BCUT2D eigenvalue weighted by atomic mass is 10.1. The Bertz CT molecular complexity index is 992. The quantitative estimate of drug-likeness (QED) is 0.205. The van der Waals surface area contributed by atoms with Crippen molar-refractivity contribution in [2.45, 2.75) is 38.9 Å². The number of ether oxygens (including phenoxy) is 1. The van der Waals surface area contributed by atoms with E-state index in [2.05, 4.69) is 17.3 Å². The van der Waals surface area contributed by atoms with Crippen molar-refractivity contribution >= 4 is 40.5 Å². The standard InChI is InChI=1S/C14H12Cl2O.C12H14ClNO/c15-13-7-3-1-5-11(13)9-17-10-12-6-2-4-8-14(12)16;1-8(14-15)6-10-7-12(10)9-2-4-11(13)5-3-9/h1-8H,9-10H2;2-5,10,12,15H,6-7H2,1H3/b;14-8+. The van der Waals surface area contributed by atoms with E-state index in [1.807, 2.05) is 67.6 Å². The topological polar surface area (TPSA) is 41.8 Å². The highest BCUT2D eigenvalue weighted by Gasteiger charge is 2.38. The predicted octanol–water partition coefficient (Wildman–Crippen LogP) is 8.39. The second-order valence-corrected chi connectivity index (χ2v) is 9.12. The lowest BCUT2D eigenvalue weighted by molar-refractivity contribution is 0.107. The third kappa shape index (κ3) is 7.53. The maximum atomic E-state index is 8.58. The molecule has 0 aliphatic heterocycles. The summed E-state index contributed by atoms with van der Waals surface area (Å²) in [5, 5.41) is 14.0. The Hall–Kier alpha value is -2.04. The molecule has 1 saturated carbocycles. The molecule has 2 unspecified atom stereocenters. The van der Waals surface area contributed by atoms with Crippen molar-refractivity contribution in [2.75, 3.05) is 0 Å². The Morgan fingerprint density at radius 2 is 1.41 bits per heavy atom. The van der Waals surface area contributed by atoms with Gasteiger partial charge in [0, 0.05) is 15.1 Å². The molecule has 0 saturated heterocycles. The molecule has 3 nitrogen and oxygen atoms in total. The zero-order valence-corrected chi connectivity index (χ0v) is 20.1. The van der Waals surface area contributed by atoms with Gasteiger partial charge in [0.05, 0.1) is 18.9 Å². The van der Waals surface area contributed by atoms with Crippen LogP contribution in [0, 0.1) is 5.92 Å². The van der Waals surface area contributed by atoms with Crippen molar-refractivity contribution < 1.29 is 9.94 Å². The van der Waals surface area contributed by atoms with Gasteiger partial charge in [0.2, 0.25) is 0 Å². The average molecular weight is 491 g/mol. The van der Waals surface area contributed by atoms with Crippen LogP contribution >= 0.6 is 34.8 Å². The van der Waals surface area contributed by atoms with E-state index in [1.165, 1.54) is 12.0 Å². The molecule has 0 heterocycles. The first-order chi connectivity index (χ1) is 15.5. The number of nitrogens with zero attached hydrogens (tertiary/aromatic N) is 1. The Labute approximate surface area is 204 Å². The third-order valence-electron chi connectivity index (χ3n) is 5.38. The fourth-order valence-corrected chi connectivity index (χ4v) is 4.02. The van der Waals surface area contributed by atoms with Crippen LogP contribution in [0.15, 0.2) is 78.0 Å². The van der Waals surface area contributed by atoms with E-state index < -0.39 is 0 Å². The monoisotopic (exact) mass is 489 g/mol.